The van der Waals surface area contributed by atoms with Crippen LogP contribution in [0.25, 0.3) is 0 Å². The van der Waals surface area contributed by atoms with Gasteiger partial charge in [-0.2, -0.15) is 0 Å². The fourth-order valence-electron chi connectivity index (χ4n) is 0.524. The van der Waals surface area contributed by atoms with E-state index in [1.165, 1.54) is 56.9 Å². The number of hydrogen-bond acceptors (Lipinski definition) is 2. The van der Waals surface area contributed by atoms with Gasteiger partial charge in [0.15, 0.2) is 0 Å². The van der Waals surface area contributed by atoms with E-state index in [9.17, 15) is 0 Å². The Labute approximate surface area is 111 Å². The molecule has 0 aliphatic heterocycles. The van der Waals surface area contributed by atoms with Crippen molar-refractivity contribution >= 4 is 42.1 Å². The second-order valence-corrected chi connectivity index (χ2v) is 10.1. The molecule has 0 fully saturated rings. The first kappa shape index (κ1) is 18.5. The van der Waals surface area contributed by atoms with Crippen LogP contribution < -0.4 is 0 Å². The molecule has 0 aliphatic rings. The summed E-state index contributed by atoms with van der Waals surface area (Å²) in [6.07, 6.45) is 2.90. The van der Waals surface area contributed by atoms with E-state index in [4.69, 9.17) is 0 Å². The van der Waals surface area contributed by atoms with Crippen LogP contribution in [0.5, 0.6) is 0 Å². The highest BCUT2D eigenvalue weighted by atomic mass is 33.1. The van der Waals surface area contributed by atoms with Gasteiger partial charge in [-0.05, 0) is 18.3 Å². The molecule has 0 unspecified atom stereocenters. The molecule has 0 heterocycles. The van der Waals surface area contributed by atoms with Gasteiger partial charge in [0.2, 0.25) is 0 Å². The van der Waals surface area contributed by atoms with Gasteiger partial charge in [0.05, 0.1) is 0 Å². The molecule has 0 bridgehead atoms. The van der Waals surface area contributed by atoms with Crippen molar-refractivity contribution in [1.82, 2.24) is 0 Å². The molecule has 0 spiro atoms. The first-order valence-electron chi connectivity index (χ1n) is 6.16. The second-order valence-electron chi connectivity index (χ2n) is 5.35. The quantitative estimate of drug-likeness (QED) is 0.400. The molecule has 0 aromatic heterocycles. The minimum absolute atomic E-state index is 0.500. The summed E-state index contributed by atoms with van der Waals surface area (Å²) in [5, 5.41) is 0. The van der Waals surface area contributed by atoms with Gasteiger partial charge in [0, 0.05) is 32.0 Å². The van der Waals surface area contributed by atoms with Crippen LogP contribution in [0, 0.1) is 5.41 Å². The first-order chi connectivity index (χ1) is 6.91. The maximum Gasteiger partial charge on any atom is 0.00339 e. The SMILES string of the molecule is CC(C)(C)C.[SiH3]CCCSSCCC[SiH3]. The van der Waals surface area contributed by atoms with Crippen molar-refractivity contribution in [3.8, 4) is 0 Å². The Morgan fingerprint density at radius 1 is 0.800 bits per heavy atom. The van der Waals surface area contributed by atoms with Crippen molar-refractivity contribution in [2.45, 2.75) is 52.6 Å². The highest BCUT2D eigenvalue weighted by molar-refractivity contribution is 8.76. The van der Waals surface area contributed by atoms with E-state index >= 15 is 0 Å². The van der Waals surface area contributed by atoms with Crippen molar-refractivity contribution in [3.63, 3.8) is 0 Å². The molecule has 4 heteroatoms. The van der Waals surface area contributed by atoms with Crippen molar-refractivity contribution in [2.24, 2.45) is 5.41 Å². The molecule has 0 saturated heterocycles. The van der Waals surface area contributed by atoms with Crippen LogP contribution in [-0.2, 0) is 0 Å². The highest BCUT2D eigenvalue weighted by Crippen LogP contribution is 2.23. The van der Waals surface area contributed by atoms with Crippen molar-refractivity contribution in [3.05, 3.63) is 0 Å². The Bertz CT molecular complexity index is 99.6. The summed E-state index contributed by atoms with van der Waals surface area (Å²) in [7, 11) is 6.93. The van der Waals surface area contributed by atoms with E-state index in [0.717, 1.165) is 0 Å². The smallest absolute Gasteiger partial charge is 0.00339 e. The van der Waals surface area contributed by atoms with Crippen molar-refractivity contribution in [1.29, 1.82) is 0 Å². The average Bonchev–Trinajstić information content (AvgIpc) is 2.08. The lowest BCUT2D eigenvalue weighted by atomic mass is 10.0. The molecule has 0 aromatic rings. The zero-order valence-corrected chi connectivity index (χ0v) is 17.2. The molecular weight excluding hydrogens is 252 g/mol. The van der Waals surface area contributed by atoms with Gasteiger partial charge in [-0.15, -0.1) is 0 Å². The number of rotatable bonds is 7. The fraction of sp³-hybridized carbons (Fsp3) is 1.00. The molecule has 15 heavy (non-hydrogen) atoms. The van der Waals surface area contributed by atoms with E-state index in [2.05, 4.69) is 49.3 Å². The normalized spacial score (nSPS) is 11.2. The summed E-state index contributed by atoms with van der Waals surface area (Å²) < 4.78 is 0. The first-order valence-corrected chi connectivity index (χ1v) is 11.5. The van der Waals surface area contributed by atoms with Gasteiger partial charge in [-0.1, -0.05) is 61.4 Å². The van der Waals surface area contributed by atoms with E-state index in [1.54, 1.807) is 0 Å². The van der Waals surface area contributed by atoms with Gasteiger partial charge in [0.1, 0.15) is 0 Å². The Morgan fingerprint density at radius 2 is 1.07 bits per heavy atom. The van der Waals surface area contributed by atoms with Crippen LogP contribution in [0.3, 0.4) is 0 Å². The monoisotopic (exact) mass is 282 g/mol. The third kappa shape index (κ3) is 39.5. The lowest BCUT2D eigenvalue weighted by molar-refractivity contribution is 0.469. The van der Waals surface area contributed by atoms with Crippen LogP contribution in [0.15, 0.2) is 0 Å². The molecule has 0 amide bonds. The largest absolute Gasteiger partial charge is 0.0942 e. The molecule has 0 radical (unpaired) electrons. The molecular formula is C11H30S2Si2. The van der Waals surface area contributed by atoms with Crippen LogP contribution in [0.2, 0.25) is 12.1 Å². The fourth-order valence-corrected chi connectivity index (χ4v) is 4.72. The summed E-state index contributed by atoms with van der Waals surface area (Å²) in [6.45, 7) is 8.75. The lowest BCUT2D eigenvalue weighted by Gasteiger charge is -2.05. The van der Waals surface area contributed by atoms with E-state index in [-0.39, 0.29) is 0 Å². The Kier molecular flexibility index (Phi) is 16.3. The minimum atomic E-state index is 0.500. The van der Waals surface area contributed by atoms with E-state index in [0.29, 0.717) is 5.41 Å². The molecule has 0 N–H and O–H groups in total. The predicted molar refractivity (Wildman–Crippen MR) is 88.8 cm³/mol. The lowest BCUT2D eigenvalue weighted by Crippen LogP contribution is -1.93. The molecule has 0 atom stereocenters. The Morgan fingerprint density at radius 3 is 1.27 bits per heavy atom. The minimum Gasteiger partial charge on any atom is -0.0942 e. The molecule has 0 aliphatic carbocycles. The van der Waals surface area contributed by atoms with Crippen molar-refractivity contribution < 1.29 is 0 Å². The zero-order chi connectivity index (χ0) is 12.2. The topological polar surface area (TPSA) is 0 Å². The van der Waals surface area contributed by atoms with Gasteiger partial charge in [-0.25, -0.2) is 0 Å². The molecule has 0 saturated carbocycles. The summed E-state index contributed by atoms with van der Waals surface area (Å²) in [5.74, 6) is 2.77. The van der Waals surface area contributed by atoms with Crippen LogP contribution >= 0.6 is 21.6 Å². The maximum atomic E-state index is 2.19. The van der Waals surface area contributed by atoms with E-state index < -0.39 is 0 Å². The van der Waals surface area contributed by atoms with Crippen molar-refractivity contribution in [2.75, 3.05) is 11.5 Å². The Hall–Kier alpha value is 1.13. The third-order valence-corrected chi connectivity index (χ3v) is 5.24. The van der Waals surface area contributed by atoms with Gasteiger partial charge in [0.25, 0.3) is 0 Å². The Balaban J connectivity index is 0. The number of hydrogen-bond donors (Lipinski definition) is 0. The summed E-state index contributed by atoms with van der Waals surface area (Å²) in [5.41, 5.74) is 0.500. The van der Waals surface area contributed by atoms with Gasteiger partial charge in [-0.3, -0.25) is 0 Å². The summed E-state index contributed by atoms with van der Waals surface area (Å²) in [6, 6.07) is 2.96. The second kappa shape index (κ2) is 13.2. The standard InChI is InChI=1S/C6H18S2Si2.C5H12/c9-5-1-3-7-8-4-2-6-10;1-5(2,3)4/h1-6H2,9-10H3;1-4H3. The third-order valence-electron chi connectivity index (χ3n) is 1.25. The van der Waals surface area contributed by atoms with Crippen LogP contribution in [0.1, 0.15) is 40.5 Å². The van der Waals surface area contributed by atoms with Gasteiger partial charge >= 0.3 is 0 Å². The predicted octanol–water partition coefficient (Wildman–Crippen LogP) is 2.77. The van der Waals surface area contributed by atoms with Crippen LogP contribution in [0.4, 0.5) is 0 Å². The van der Waals surface area contributed by atoms with Crippen LogP contribution in [-0.4, -0.2) is 32.0 Å². The van der Waals surface area contributed by atoms with E-state index in [1.807, 2.05) is 0 Å². The average molecular weight is 283 g/mol. The summed E-state index contributed by atoms with van der Waals surface area (Å²) >= 11 is 0. The maximum absolute atomic E-state index is 2.19. The molecule has 0 rings (SSSR count). The highest BCUT2D eigenvalue weighted by Gasteiger charge is 1.95. The summed E-state index contributed by atoms with van der Waals surface area (Å²) in [4.78, 5) is 0. The zero-order valence-electron chi connectivity index (χ0n) is 11.6. The molecule has 94 valence electrons. The molecule has 0 nitrogen and oxygen atoms in total. The van der Waals surface area contributed by atoms with Gasteiger partial charge < -0.3 is 0 Å². The molecule has 0 aromatic carbocycles.